The second-order valence-electron chi connectivity index (χ2n) is 4.06. The maximum absolute atomic E-state index is 12.1. The van der Waals surface area contributed by atoms with E-state index in [-0.39, 0.29) is 5.91 Å². The summed E-state index contributed by atoms with van der Waals surface area (Å²) in [4.78, 5) is 12.1. The predicted molar refractivity (Wildman–Crippen MR) is 69.7 cm³/mol. The van der Waals surface area contributed by atoms with Crippen molar-refractivity contribution in [2.45, 2.75) is 32.2 Å². The zero-order chi connectivity index (χ0) is 11.8. The fraction of sp³-hybridized carbons (Fsp3) is 0.417. The molecule has 0 spiro atoms. The molecule has 2 rings (SSSR count). The van der Waals surface area contributed by atoms with Crippen molar-refractivity contribution in [3.8, 4) is 0 Å². The van der Waals surface area contributed by atoms with Gasteiger partial charge in [-0.1, -0.05) is 29.8 Å². The van der Waals surface area contributed by atoms with Gasteiger partial charge in [0.15, 0.2) is 0 Å². The summed E-state index contributed by atoms with van der Waals surface area (Å²) >= 11 is 3.39. The molecule has 1 aromatic carbocycles. The molecule has 0 saturated heterocycles. The van der Waals surface area contributed by atoms with Crippen LogP contribution in [0.5, 0.6) is 0 Å². The summed E-state index contributed by atoms with van der Waals surface area (Å²) in [5.41, 5.74) is 1.38. The Morgan fingerprint density at radius 1 is 1.25 bits per heavy atom. The van der Waals surface area contributed by atoms with Crippen molar-refractivity contribution in [2.75, 3.05) is 10.6 Å². The Bertz CT molecular complexity index is 427. The summed E-state index contributed by atoms with van der Waals surface area (Å²) in [5, 5.41) is 6.32. The molecule has 1 amide bonds. The van der Waals surface area contributed by atoms with Gasteiger partial charge < -0.3 is 10.6 Å². The molecular weight excluding hydrogens is 268 g/mol. The van der Waals surface area contributed by atoms with Crippen LogP contribution in [-0.4, -0.2) is 11.4 Å². The second kappa shape index (κ2) is 4.09. The Labute approximate surface area is 104 Å². The number of hydrogen-bond donors (Lipinski definition) is 2. The second-order valence-corrected chi connectivity index (χ2v) is 4.97. The third kappa shape index (κ3) is 1.71. The number of benzene rings is 1. The number of carbonyl (C=O) groups excluding carboxylic acids is 1. The Kier molecular flexibility index (Phi) is 2.93. The van der Waals surface area contributed by atoms with Crippen LogP contribution in [0.25, 0.3) is 0 Å². The first-order chi connectivity index (χ1) is 7.61. The fourth-order valence-electron chi connectivity index (χ4n) is 2.03. The SMILES string of the molecule is CCC1(CC)Nc2ccc(Br)cc2NC1=O. The number of nitrogens with one attached hydrogen (secondary N) is 2. The number of amides is 1. The molecule has 0 fully saturated rings. The zero-order valence-corrected chi connectivity index (χ0v) is 11.0. The molecule has 0 aromatic heterocycles. The smallest absolute Gasteiger partial charge is 0.250 e. The van der Waals surface area contributed by atoms with Crippen molar-refractivity contribution in [1.29, 1.82) is 0 Å². The van der Waals surface area contributed by atoms with Crippen LogP contribution in [0.2, 0.25) is 0 Å². The van der Waals surface area contributed by atoms with Crippen LogP contribution in [0.15, 0.2) is 22.7 Å². The summed E-state index contributed by atoms with van der Waals surface area (Å²) < 4.78 is 0.967. The van der Waals surface area contributed by atoms with Gasteiger partial charge in [0.25, 0.3) is 0 Å². The summed E-state index contributed by atoms with van der Waals surface area (Å²) in [5.74, 6) is 0.0584. The Morgan fingerprint density at radius 3 is 2.56 bits per heavy atom. The van der Waals surface area contributed by atoms with E-state index in [2.05, 4.69) is 26.6 Å². The molecule has 0 unspecified atom stereocenters. The summed E-state index contributed by atoms with van der Waals surface area (Å²) in [6, 6.07) is 5.87. The molecular formula is C12H15BrN2O. The van der Waals surface area contributed by atoms with Crippen molar-refractivity contribution in [3.05, 3.63) is 22.7 Å². The lowest BCUT2D eigenvalue weighted by molar-refractivity contribution is -0.120. The molecule has 3 nitrogen and oxygen atoms in total. The molecule has 86 valence electrons. The van der Waals surface area contributed by atoms with Gasteiger partial charge in [0.05, 0.1) is 11.4 Å². The third-order valence-corrected chi connectivity index (χ3v) is 3.74. The van der Waals surface area contributed by atoms with Crippen LogP contribution in [0.1, 0.15) is 26.7 Å². The van der Waals surface area contributed by atoms with Gasteiger partial charge in [0.2, 0.25) is 5.91 Å². The molecule has 1 aromatic rings. The summed E-state index contributed by atoms with van der Waals surface area (Å²) in [6.45, 7) is 4.06. The largest absolute Gasteiger partial charge is 0.370 e. The average Bonchev–Trinajstić information content (AvgIpc) is 2.28. The van der Waals surface area contributed by atoms with Gasteiger partial charge in [-0.3, -0.25) is 4.79 Å². The van der Waals surface area contributed by atoms with Crippen LogP contribution in [0.4, 0.5) is 11.4 Å². The van der Waals surface area contributed by atoms with Gasteiger partial charge in [0, 0.05) is 4.47 Å². The number of fused-ring (bicyclic) bond motifs is 1. The topological polar surface area (TPSA) is 41.1 Å². The minimum atomic E-state index is -0.458. The minimum Gasteiger partial charge on any atom is -0.370 e. The van der Waals surface area contributed by atoms with Crippen molar-refractivity contribution in [2.24, 2.45) is 0 Å². The van der Waals surface area contributed by atoms with Crippen LogP contribution in [-0.2, 0) is 4.79 Å². The maximum atomic E-state index is 12.1. The van der Waals surface area contributed by atoms with E-state index < -0.39 is 5.54 Å². The van der Waals surface area contributed by atoms with Gasteiger partial charge in [0.1, 0.15) is 5.54 Å². The average molecular weight is 283 g/mol. The lowest BCUT2D eigenvalue weighted by Crippen LogP contribution is -2.51. The normalized spacial score (nSPS) is 17.3. The van der Waals surface area contributed by atoms with Crippen molar-refractivity contribution < 1.29 is 4.79 Å². The number of rotatable bonds is 2. The third-order valence-electron chi connectivity index (χ3n) is 3.25. The van der Waals surface area contributed by atoms with E-state index >= 15 is 0 Å². The molecule has 0 bridgehead atoms. The Hall–Kier alpha value is -1.03. The molecule has 1 aliphatic heterocycles. The summed E-state index contributed by atoms with van der Waals surface area (Å²) in [6.07, 6.45) is 1.57. The number of hydrogen-bond acceptors (Lipinski definition) is 2. The molecule has 0 atom stereocenters. The Balaban J connectivity index is 2.42. The summed E-state index contributed by atoms with van der Waals surface area (Å²) in [7, 11) is 0. The van der Waals surface area contributed by atoms with Gasteiger partial charge in [-0.05, 0) is 31.0 Å². The highest BCUT2D eigenvalue weighted by molar-refractivity contribution is 9.10. The lowest BCUT2D eigenvalue weighted by Gasteiger charge is -2.37. The number of anilines is 2. The lowest BCUT2D eigenvalue weighted by atomic mass is 9.89. The molecule has 0 radical (unpaired) electrons. The van der Waals surface area contributed by atoms with E-state index in [0.29, 0.717) is 0 Å². The monoisotopic (exact) mass is 282 g/mol. The highest BCUT2D eigenvalue weighted by Gasteiger charge is 2.38. The van der Waals surface area contributed by atoms with E-state index in [1.54, 1.807) is 0 Å². The quantitative estimate of drug-likeness (QED) is 0.873. The first kappa shape index (κ1) is 11.5. The van der Waals surface area contributed by atoms with E-state index in [4.69, 9.17) is 0 Å². The van der Waals surface area contributed by atoms with Crippen LogP contribution in [0, 0.1) is 0 Å². The predicted octanol–water partition coefficient (Wildman–Crippen LogP) is 3.37. The highest BCUT2D eigenvalue weighted by atomic mass is 79.9. The minimum absolute atomic E-state index is 0.0584. The van der Waals surface area contributed by atoms with Gasteiger partial charge in [-0.15, -0.1) is 0 Å². The van der Waals surface area contributed by atoms with Gasteiger partial charge in [-0.25, -0.2) is 0 Å². The highest BCUT2D eigenvalue weighted by Crippen LogP contribution is 2.35. The van der Waals surface area contributed by atoms with Gasteiger partial charge >= 0.3 is 0 Å². The van der Waals surface area contributed by atoms with E-state index in [1.807, 2.05) is 32.0 Å². The van der Waals surface area contributed by atoms with Crippen molar-refractivity contribution in [3.63, 3.8) is 0 Å². The number of carbonyl (C=O) groups is 1. The molecule has 2 N–H and O–H groups in total. The molecule has 0 aliphatic carbocycles. The Morgan fingerprint density at radius 2 is 1.94 bits per heavy atom. The van der Waals surface area contributed by atoms with Crippen LogP contribution < -0.4 is 10.6 Å². The molecule has 1 heterocycles. The standard InChI is InChI=1S/C12H15BrN2O/c1-3-12(4-2)11(16)14-10-7-8(13)5-6-9(10)15-12/h5-7,15H,3-4H2,1-2H3,(H,14,16). The van der Waals surface area contributed by atoms with E-state index in [0.717, 1.165) is 28.7 Å². The number of halogens is 1. The molecule has 4 heteroatoms. The first-order valence-electron chi connectivity index (χ1n) is 5.50. The van der Waals surface area contributed by atoms with Crippen LogP contribution >= 0.6 is 15.9 Å². The first-order valence-corrected chi connectivity index (χ1v) is 6.30. The maximum Gasteiger partial charge on any atom is 0.250 e. The zero-order valence-electron chi connectivity index (χ0n) is 9.43. The van der Waals surface area contributed by atoms with E-state index in [1.165, 1.54) is 0 Å². The van der Waals surface area contributed by atoms with Crippen LogP contribution in [0.3, 0.4) is 0 Å². The molecule has 0 saturated carbocycles. The van der Waals surface area contributed by atoms with E-state index in [9.17, 15) is 4.79 Å². The van der Waals surface area contributed by atoms with Crippen molar-refractivity contribution >= 4 is 33.2 Å². The van der Waals surface area contributed by atoms with Gasteiger partial charge in [-0.2, -0.15) is 0 Å². The fourth-order valence-corrected chi connectivity index (χ4v) is 2.39. The molecule has 1 aliphatic rings. The molecule has 16 heavy (non-hydrogen) atoms. The van der Waals surface area contributed by atoms with Crippen molar-refractivity contribution in [1.82, 2.24) is 0 Å².